The number of hydrogen-bond donors (Lipinski definition) is 1. The predicted octanol–water partition coefficient (Wildman–Crippen LogP) is 4.22. The Morgan fingerprint density at radius 2 is 1.71 bits per heavy atom. The van der Waals surface area contributed by atoms with Gasteiger partial charge >= 0.3 is 0 Å². The second-order valence-electron chi connectivity index (χ2n) is 6.04. The van der Waals surface area contributed by atoms with E-state index in [1.165, 1.54) is 3.97 Å². The highest BCUT2D eigenvalue weighted by Crippen LogP contribution is 2.33. The molecule has 0 fully saturated rings. The molecule has 2 aromatic carbocycles. The van der Waals surface area contributed by atoms with Crippen molar-refractivity contribution in [2.45, 2.75) is 24.8 Å². The second kappa shape index (κ2) is 6.24. The minimum absolute atomic E-state index is 0.130. The number of benzene rings is 2. The van der Waals surface area contributed by atoms with Crippen LogP contribution in [-0.2, 0) is 10.0 Å². The van der Waals surface area contributed by atoms with E-state index in [1.807, 2.05) is 13.8 Å². The van der Waals surface area contributed by atoms with Gasteiger partial charge in [0, 0.05) is 10.4 Å². The normalized spacial score (nSPS) is 13.5. The summed E-state index contributed by atoms with van der Waals surface area (Å²) in [5.41, 5.74) is 0.837. The van der Waals surface area contributed by atoms with E-state index in [2.05, 4.69) is 0 Å². The summed E-state index contributed by atoms with van der Waals surface area (Å²) in [5, 5.41) is 11.7. The van der Waals surface area contributed by atoms with Gasteiger partial charge in [-0.15, -0.1) is 0 Å². The van der Waals surface area contributed by atoms with E-state index in [0.29, 0.717) is 21.6 Å². The van der Waals surface area contributed by atoms with Crippen LogP contribution in [0.25, 0.3) is 10.9 Å². The van der Waals surface area contributed by atoms with E-state index >= 15 is 0 Å². The van der Waals surface area contributed by atoms with Crippen LogP contribution in [0, 0.1) is 5.92 Å². The monoisotopic (exact) mass is 363 g/mol. The molecule has 3 aromatic rings. The van der Waals surface area contributed by atoms with Crippen LogP contribution in [0.4, 0.5) is 0 Å². The number of halogens is 1. The predicted molar refractivity (Wildman–Crippen MR) is 95.8 cm³/mol. The Balaban J connectivity index is 2.35. The van der Waals surface area contributed by atoms with E-state index in [0.717, 1.165) is 0 Å². The zero-order valence-electron chi connectivity index (χ0n) is 13.3. The number of hydrogen-bond acceptors (Lipinski definition) is 3. The molecule has 4 nitrogen and oxygen atoms in total. The van der Waals surface area contributed by atoms with Gasteiger partial charge < -0.3 is 5.11 Å². The van der Waals surface area contributed by atoms with Crippen LogP contribution in [0.1, 0.15) is 25.6 Å². The first-order valence-electron chi connectivity index (χ1n) is 7.62. The molecule has 0 amide bonds. The lowest BCUT2D eigenvalue weighted by molar-refractivity contribution is 0.122. The van der Waals surface area contributed by atoms with Crippen LogP contribution in [0.2, 0.25) is 5.02 Å². The molecule has 3 rings (SSSR count). The lowest BCUT2D eigenvalue weighted by Crippen LogP contribution is -2.19. The van der Waals surface area contributed by atoms with Gasteiger partial charge in [0.25, 0.3) is 10.0 Å². The van der Waals surface area contributed by atoms with Crippen LogP contribution in [0.3, 0.4) is 0 Å². The van der Waals surface area contributed by atoms with Crippen molar-refractivity contribution < 1.29 is 13.5 Å². The molecule has 1 atom stereocenters. The fourth-order valence-electron chi connectivity index (χ4n) is 2.70. The first-order chi connectivity index (χ1) is 11.3. The summed E-state index contributed by atoms with van der Waals surface area (Å²) in [6.45, 7) is 3.68. The molecule has 1 unspecified atom stereocenters. The molecule has 6 heteroatoms. The molecule has 126 valence electrons. The minimum Gasteiger partial charge on any atom is -0.387 e. The van der Waals surface area contributed by atoms with E-state index in [-0.39, 0.29) is 10.8 Å². The quantitative estimate of drug-likeness (QED) is 0.754. The van der Waals surface area contributed by atoms with Gasteiger partial charge in [-0.3, -0.25) is 0 Å². The fourth-order valence-corrected chi connectivity index (χ4v) is 4.45. The Labute approximate surface area is 146 Å². The summed E-state index contributed by atoms with van der Waals surface area (Å²) in [6.07, 6.45) is -0.908. The molecule has 1 aromatic heterocycles. The topological polar surface area (TPSA) is 59.3 Å². The molecule has 0 bridgehead atoms. The smallest absolute Gasteiger partial charge is 0.268 e. The van der Waals surface area contributed by atoms with Gasteiger partial charge in [-0.2, -0.15) is 0 Å². The van der Waals surface area contributed by atoms with Crippen molar-refractivity contribution >= 4 is 32.5 Å². The van der Waals surface area contributed by atoms with Crippen molar-refractivity contribution in [3.8, 4) is 0 Å². The number of aromatic nitrogens is 1. The summed E-state index contributed by atoms with van der Waals surface area (Å²) >= 11 is 6.03. The Hall–Kier alpha value is -1.82. The second-order valence-corrected chi connectivity index (χ2v) is 8.27. The van der Waals surface area contributed by atoms with Crippen LogP contribution >= 0.6 is 11.6 Å². The Morgan fingerprint density at radius 1 is 1.04 bits per heavy atom. The zero-order chi connectivity index (χ0) is 17.5. The summed E-state index contributed by atoms with van der Waals surface area (Å²) in [5.74, 6) is -0.130. The third kappa shape index (κ3) is 2.83. The minimum atomic E-state index is -3.83. The van der Waals surface area contributed by atoms with Gasteiger partial charge in [0.2, 0.25) is 0 Å². The van der Waals surface area contributed by atoms with Gasteiger partial charge in [-0.1, -0.05) is 43.6 Å². The van der Waals surface area contributed by atoms with Crippen molar-refractivity contribution in [2.75, 3.05) is 0 Å². The molecule has 0 saturated carbocycles. The van der Waals surface area contributed by atoms with E-state index in [1.54, 1.807) is 54.6 Å². The van der Waals surface area contributed by atoms with Crippen LogP contribution in [0.5, 0.6) is 0 Å². The highest BCUT2D eigenvalue weighted by Gasteiger charge is 2.27. The summed E-state index contributed by atoms with van der Waals surface area (Å²) < 4.78 is 27.5. The SMILES string of the molecule is CC(C)C(O)c1cc2cc(Cl)ccc2n1S(=O)(=O)c1ccccc1. The van der Waals surface area contributed by atoms with Crippen molar-refractivity contribution in [1.82, 2.24) is 3.97 Å². The first kappa shape index (κ1) is 17.0. The third-order valence-corrected chi connectivity index (χ3v) is 5.95. The molecular formula is C18H18ClNO3S. The molecule has 0 aliphatic heterocycles. The lowest BCUT2D eigenvalue weighted by atomic mass is 10.0. The largest absolute Gasteiger partial charge is 0.387 e. The highest BCUT2D eigenvalue weighted by molar-refractivity contribution is 7.90. The maximum atomic E-state index is 13.2. The van der Waals surface area contributed by atoms with Crippen molar-refractivity contribution in [1.29, 1.82) is 0 Å². The van der Waals surface area contributed by atoms with Gasteiger partial charge in [0.15, 0.2) is 0 Å². The third-order valence-electron chi connectivity index (χ3n) is 3.96. The first-order valence-corrected chi connectivity index (χ1v) is 9.44. The number of nitrogens with zero attached hydrogens (tertiary/aromatic N) is 1. The maximum absolute atomic E-state index is 13.2. The molecule has 0 saturated heterocycles. The number of aliphatic hydroxyl groups is 1. The molecule has 1 N–H and O–H groups in total. The number of fused-ring (bicyclic) bond motifs is 1. The van der Waals surface area contributed by atoms with Crippen molar-refractivity contribution in [2.24, 2.45) is 5.92 Å². The lowest BCUT2D eigenvalue weighted by Gasteiger charge is -2.18. The van der Waals surface area contributed by atoms with Crippen LogP contribution < -0.4 is 0 Å². The molecule has 0 aliphatic carbocycles. The van der Waals surface area contributed by atoms with Gasteiger partial charge in [0.05, 0.1) is 22.2 Å². The molecular weight excluding hydrogens is 346 g/mol. The summed E-state index contributed by atoms with van der Waals surface area (Å²) in [7, 11) is -3.83. The Kier molecular flexibility index (Phi) is 4.42. The van der Waals surface area contributed by atoms with E-state index < -0.39 is 16.1 Å². The van der Waals surface area contributed by atoms with Gasteiger partial charge in [0.1, 0.15) is 0 Å². The number of rotatable bonds is 4. The van der Waals surface area contributed by atoms with Crippen LogP contribution in [0.15, 0.2) is 59.5 Å². The zero-order valence-corrected chi connectivity index (χ0v) is 14.9. The summed E-state index contributed by atoms with van der Waals surface area (Å²) in [4.78, 5) is 0.176. The highest BCUT2D eigenvalue weighted by atomic mass is 35.5. The average Bonchev–Trinajstić information content (AvgIpc) is 2.93. The van der Waals surface area contributed by atoms with Crippen LogP contribution in [-0.4, -0.2) is 17.5 Å². The molecule has 1 heterocycles. The number of aliphatic hydroxyl groups excluding tert-OH is 1. The van der Waals surface area contributed by atoms with Crippen molar-refractivity contribution in [3.05, 3.63) is 65.3 Å². The van der Waals surface area contributed by atoms with Crippen molar-refractivity contribution in [3.63, 3.8) is 0 Å². The van der Waals surface area contributed by atoms with E-state index in [4.69, 9.17) is 11.6 Å². The summed E-state index contributed by atoms with van der Waals surface area (Å²) in [6, 6.07) is 14.9. The average molecular weight is 364 g/mol. The standard InChI is InChI=1S/C18H18ClNO3S/c1-12(2)18(21)17-11-13-10-14(19)8-9-16(13)20(17)24(22,23)15-6-4-3-5-7-15/h3-12,18,21H,1-2H3. The fraction of sp³-hybridized carbons (Fsp3) is 0.222. The molecule has 0 radical (unpaired) electrons. The molecule has 24 heavy (non-hydrogen) atoms. The molecule has 0 spiro atoms. The Morgan fingerprint density at radius 3 is 2.33 bits per heavy atom. The maximum Gasteiger partial charge on any atom is 0.268 e. The van der Waals surface area contributed by atoms with Gasteiger partial charge in [-0.05, 0) is 42.3 Å². The molecule has 0 aliphatic rings. The van der Waals surface area contributed by atoms with Gasteiger partial charge in [-0.25, -0.2) is 12.4 Å². The van der Waals surface area contributed by atoms with E-state index in [9.17, 15) is 13.5 Å². The Bertz CT molecular complexity index is 978.